The largest absolute Gasteiger partial charge is 0.491 e. The second kappa shape index (κ2) is 14.0. The molecule has 45 heavy (non-hydrogen) atoms. The van der Waals surface area contributed by atoms with Gasteiger partial charge >= 0.3 is 5.97 Å². The standard InChI is InChI=1S/C33H28Cl4N2O5S/c1-5-42-32(41)28-18(4)38-33-39(29(28)22-8-6-7-9-26(22)44-17(2)3)31(40)27(45-33)14-20-13-21(34)15-25(37)30(20)43-16-19-10-11-23(35)24(36)12-19/h6-15,17,29H,5,16H2,1-4H3/b27-14-/t29-/m1/s1. The van der Waals surface area contributed by atoms with E-state index in [0.717, 1.165) is 5.56 Å². The normalized spacial score (nSPS) is 14.8. The number of carbonyl (C=O) groups excluding carboxylic acids is 1. The van der Waals surface area contributed by atoms with Crippen molar-refractivity contribution in [2.45, 2.75) is 46.4 Å². The highest BCUT2D eigenvalue weighted by molar-refractivity contribution is 7.07. The molecule has 0 spiro atoms. The van der Waals surface area contributed by atoms with Crippen molar-refractivity contribution in [3.63, 3.8) is 0 Å². The molecule has 1 atom stereocenters. The maximum absolute atomic E-state index is 14.2. The van der Waals surface area contributed by atoms with E-state index in [1.165, 1.54) is 15.9 Å². The quantitative estimate of drug-likeness (QED) is 0.166. The van der Waals surface area contributed by atoms with Crippen molar-refractivity contribution in [2.75, 3.05) is 6.61 Å². The van der Waals surface area contributed by atoms with Crippen LogP contribution in [0.1, 0.15) is 50.4 Å². The summed E-state index contributed by atoms with van der Waals surface area (Å²) in [5.74, 6) is 0.314. The van der Waals surface area contributed by atoms with E-state index < -0.39 is 12.0 Å². The number of rotatable bonds is 9. The van der Waals surface area contributed by atoms with Crippen molar-refractivity contribution < 1.29 is 19.0 Å². The number of thiazole rings is 1. The van der Waals surface area contributed by atoms with Crippen LogP contribution < -0.4 is 24.4 Å². The summed E-state index contributed by atoms with van der Waals surface area (Å²) >= 11 is 26.4. The number of fused-ring (bicyclic) bond motifs is 1. The summed E-state index contributed by atoms with van der Waals surface area (Å²) in [7, 11) is 0. The highest BCUT2D eigenvalue weighted by Crippen LogP contribution is 2.37. The number of allylic oxidation sites excluding steroid dienone is 1. The van der Waals surface area contributed by atoms with Gasteiger partial charge in [0.25, 0.3) is 5.56 Å². The van der Waals surface area contributed by atoms with Gasteiger partial charge in [-0.2, -0.15) is 0 Å². The summed E-state index contributed by atoms with van der Waals surface area (Å²) in [5, 5.41) is 1.45. The molecule has 1 aromatic heterocycles. The fourth-order valence-electron chi connectivity index (χ4n) is 4.92. The average Bonchev–Trinajstić information content (AvgIpc) is 3.27. The topological polar surface area (TPSA) is 79.1 Å². The van der Waals surface area contributed by atoms with Crippen LogP contribution in [-0.4, -0.2) is 23.2 Å². The number of benzene rings is 3. The minimum absolute atomic E-state index is 0.134. The molecule has 0 aliphatic carbocycles. The van der Waals surface area contributed by atoms with Crippen LogP contribution in [0.5, 0.6) is 11.5 Å². The lowest BCUT2D eigenvalue weighted by Gasteiger charge is -2.26. The van der Waals surface area contributed by atoms with Gasteiger partial charge in [-0.15, -0.1) is 0 Å². The Morgan fingerprint density at radius 2 is 1.80 bits per heavy atom. The zero-order valence-electron chi connectivity index (χ0n) is 24.7. The molecule has 0 N–H and O–H groups in total. The summed E-state index contributed by atoms with van der Waals surface area (Å²) < 4.78 is 19.5. The van der Waals surface area contributed by atoms with E-state index >= 15 is 0 Å². The molecule has 0 saturated heterocycles. The number of nitrogens with zero attached hydrogens (tertiary/aromatic N) is 2. The minimum atomic E-state index is -0.842. The lowest BCUT2D eigenvalue weighted by molar-refractivity contribution is -0.139. The molecule has 1 aliphatic heterocycles. The van der Waals surface area contributed by atoms with Gasteiger partial charge in [-0.05, 0) is 69.7 Å². The monoisotopic (exact) mass is 704 g/mol. The fourth-order valence-corrected chi connectivity index (χ4v) is 6.84. The van der Waals surface area contributed by atoms with E-state index in [1.54, 1.807) is 50.3 Å². The molecule has 1 aliphatic rings. The first-order valence-corrected chi connectivity index (χ1v) is 16.3. The highest BCUT2D eigenvalue weighted by atomic mass is 35.5. The third kappa shape index (κ3) is 7.11. The number of hydrogen-bond donors (Lipinski definition) is 0. The Morgan fingerprint density at radius 1 is 1.04 bits per heavy atom. The number of aromatic nitrogens is 1. The van der Waals surface area contributed by atoms with Gasteiger partial charge in [-0.25, -0.2) is 9.79 Å². The van der Waals surface area contributed by atoms with E-state index in [2.05, 4.69) is 4.99 Å². The Balaban J connectivity index is 1.66. The third-order valence-electron chi connectivity index (χ3n) is 6.78. The van der Waals surface area contributed by atoms with E-state index in [4.69, 9.17) is 60.6 Å². The molecule has 4 aromatic rings. The molecule has 0 fully saturated rings. The van der Waals surface area contributed by atoms with Gasteiger partial charge in [-0.1, -0.05) is 82.0 Å². The predicted octanol–water partition coefficient (Wildman–Crippen LogP) is 7.78. The maximum atomic E-state index is 14.2. The molecule has 0 saturated carbocycles. The third-order valence-corrected chi connectivity index (χ3v) is 9.01. The molecule has 234 valence electrons. The molecule has 0 amide bonds. The van der Waals surface area contributed by atoms with Crippen molar-refractivity contribution in [3.8, 4) is 11.5 Å². The number of halogens is 4. The molecule has 12 heteroatoms. The molecule has 3 aromatic carbocycles. The molecule has 0 bridgehead atoms. The van der Waals surface area contributed by atoms with E-state index in [9.17, 15) is 9.59 Å². The van der Waals surface area contributed by atoms with Gasteiger partial charge in [0.05, 0.1) is 43.6 Å². The van der Waals surface area contributed by atoms with Crippen LogP contribution in [-0.2, 0) is 16.1 Å². The molecular weight excluding hydrogens is 678 g/mol. The summed E-state index contributed by atoms with van der Waals surface area (Å²) in [4.78, 5) is 32.6. The Kier molecular flexibility index (Phi) is 10.3. The van der Waals surface area contributed by atoms with Crippen LogP contribution in [0.2, 0.25) is 20.1 Å². The SMILES string of the molecule is CCOC(=O)C1=C(C)N=c2s/c(=C\c3cc(Cl)cc(Cl)c3OCc3ccc(Cl)c(Cl)c3)c(=O)n2[C@@H]1c1ccccc1OC(C)C. The summed E-state index contributed by atoms with van der Waals surface area (Å²) in [5.41, 5.74) is 2.22. The van der Waals surface area contributed by atoms with E-state index in [-0.39, 0.29) is 35.5 Å². The van der Waals surface area contributed by atoms with E-state index in [1.807, 2.05) is 38.1 Å². The predicted molar refractivity (Wildman–Crippen MR) is 180 cm³/mol. The Hall–Kier alpha value is -3.27. The maximum Gasteiger partial charge on any atom is 0.338 e. The van der Waals surface area contributed by atoms with Crippen LogP contribution in [0.4, 0.5) is 0 Å². The average molecular weight is 706 g/mol. The van der Waals surface area contributed by atoms with Crippen LogP contribution >= 0.6 is 57.7 Å². The van der Waals surface area contributed by atoms with Crippen LogP contribution in [0.15, 0.2) is 75.7 Å². The van der Waals surface area contributed by atoms with Crippen molar-refractivity contribution in [1.29, 1.82) is 0 Å². The van der Waals surface area contributed by atoms with Gasteiger partial charge < -0.3 is 14.2 Å². The number of ether oxygens (including phenoxy) is 3. The first kappa shape index (κ1) is 33.1. The lowest BCUT2D eigenvalue weighted by atomic mass is 9.95. The smallest absolute Gasteiger partial charge is 0.338 e. The Morgan fingerprint density at radius 3 is 2.51 bits per heavy atom. The highest BCUT2D eigenvalue weighted by Gasteiger charge is 2.35. The number of hydrogen-bond acceptors (Lipinski definition) is 7. The summed E-state index contributed by atoms with van der Waals surface area (Å²) in [6.45, 7) is 7.57. The summed E-state index contributed by atoms with van der Waals surface area (Å²) in [6, 6.07) is 14.9. The molecular formula is C33H28Cl4N2O5S. The van der Waals surface area contributed by atoms with Crippen molar-refractivity contribution in [2.24, 2.45) is 4.99 Å². The van der Waals surface area contributed by atoms with E-state index in [0.29, 0.717) is 52.7 Å². The van der Waals surface area contributed by atoms with Crippen LogP contribution in [0, 0.1) is 0 Å². The number of esters is 1. The van der Waals surface area contributed by atoms with Crippen LogP contribution in [0.25, 0.3) is 6.08 Å². The first-order valence-electron chi connectivity index (χ1n) is 14.0. The van der Waals surface area contributed by atoms with Gasteiger partial charge in [0.1, 0.15) is 24.1 Å². The second-order valence-electron chi connectivity index (χ2n) is 10.3. The first-order chi connectivity index (χ1) is 21.5. The number of para-hydroxylation sites is 1. The van der Waals surface area contributed by atoms with Gasteiger partial charge in [0.2, 0.25) is 0 Å². The molecule has 5 rings (SSSR count). The Bertz CT molecular complexity index is 2000. The lowest BCUT2D eigenvalue weighted by Crippen LogP contribution is -2.40. The Labute approximate surface area is 283 Å². The zero-order chi connectivity index (χ0) is 32.4. The van der Waals surface area contributed by atoms with Gasteiger partial charge in [0, 0.05) is 16.1 Å². The fraction of sp³-hybridized carbons (Fsp3) is 0.242. The zero-order valence-corrected chi connectivity index (χ0v) is 28.5. The molecule has 2 heterocycles. The molecule has 7 nitrogen and oxygen atoms in total. The van der Waals surface area contributed by atoms with Crippen molar-refractivity contribution in [3.05, 3.63) is 122 Å². The molecule has 0 unspecified atom stereocenters. The summed E-state index contributed by atoms with van der Waals surface area (Å²) in [6.07, 6.45) is 1.51. The minimum Gasteiger partial charge on any atom is -0.491 e. The van der Waals surface area contributed by atoms with Crippen molar-refractivity contribution >= 4 is 69.8 Å². The van der Waals surface area contributed by atoms with Gasteiger partial charge in [-0.3, -0.25) is 9.36 Å². The molecule has 0 radical (unpaired) electrons. The van der Waals surface area contributed by atoms with Crippen molar-refractivity contribution in [1.82, 2.24) is 4.57 Å². The second-order valence-corrected chi connectivity index (χ2v) is 13.0. The van der Waals surface area contributed by atoms with Crippen LogP contribution in [0.3, 0.4) is 0 Å². The number of carbonyl (C=O) groups is 1. The van der Waals surface area contributed by atoms with Gasteiger partial charge in [0.15, 0.2) is 4.80 Å².